The van der Waals surface area contributed by atoms with Crippen molar-refractivity contribution in [1.29, 1.82) is 0 Å². The van der Waals surface area contributed by atoms with Crippen LogP contribution in [0.1, 0.15) is 11.1 Å². The maximum atomic E-state index is 12.4. The molecule has 0 saturated heterocycles. The lowest BCUT2D eigenvalue weighted by atomic mass is 10.1. The maximum Gasteiger partial charge on any atom is 0.416 e. The highest BCUT2D eigenvalue weighted by Crippen LogP contribution is 2.29. The van der Waals surface area contributed by atoms with E-state index in [0.717, 1.165) is 18.4 Å². The van der Waals surface area contributed by atoms with E-state index >= 15 is 0 Å². The molecule has 0 amide bonds. The van der Waals surface area contributed by atoms with Crippen LogP contribution in [-0.2, 0) is 27.2 Å². The minimum Gasteiger partial charge on any atom is -0.298 e. The van der Waals surface area contributed by atoms with Crippen LogP contribution in [0.5, 0.6) is 0 Å². The summed E-state index contributed by atoms with van der Waals surface area (Å²) in [5.74, 6) is -1.29. The first kappa shape index (κ1) is 14.7. The number of sulfone groups is 1. The molecule has 0 saturated carbocycles. The maximum absolute atomic E-state index is 12.4. The minimum absolute atomic E-state index is 0.151. The Hall–Kier alpha value is -1.37. The quantitative estimate of drug-likeness (QED) is 0.846. The van der Waals surface area contributed by atoms with Crippen LogP contribution in [0.2, 0.25) is 0 Å². The molecule has 18 heavy (non-hydrogen) atoms. The van der Waals surface area contributed by atoms with E-state index in [9.17, 15) is 26.4 Å². The molecule has 0 aliphatic rings. The molecule has 0 aliphatic carbocycles. The lowest BCUT2D eigenvalue weighted by Gasteiger charge is -2.08. The van der Waals surface area contributed by atoms with Gasteiger partial charge in [0.25, 0.3) is 0 Å². The number of carbonyl (C=O) groups is 1. The second-order valence-corrected chi connectivity index (χ2v) is 6.12. The molecule has 0 heterocycles. The standard InChI is InChI=1S/C11H11F3O3S/c1-18(16,17)7-10(15)6-8-3-2-4-9(5-8)11(12,13)14/h2-5H,6-7H2,1H3. The summed E-state index contributed by atoms with van der Waals surface area (Å²) in [6.07, 6.45) is -3.90. The van der Waals surface area contributed by atoms with E-state index in [1.807, 2.05) is 0 Å². The Morgan fingerprint density at radius 2 is 1.89 bits per heavy atom. The van der Waals surface area contributed by atoms with E-state index in [-0.39, 0.29) is 12.0 Å². The number of rotatable bonds is 4. The molecule has 0 bridgehead atoms. The van der Waals surface area contributed by atoms with Gasteiger partial charge < -0.3 is 0 Å². The van der Waals surface area contributed by atoms with Crippen molar-refractivity contribution in [3.8, 4) is 0 Å². The summed E-state index contributed by atoms with van der Waals surface area (Å²) < 4.78 is 58.9. The van der Waals surface area contributed by atoms with Crippen LogP contribution < -0.4 is 0 Å². The van der Waals surface area contributed by atoms with Crippen LogP contribution in [0.3, 0.4) is 0 Å². The average Bonchev–Trinajstić information content (AvgIpc) is 2.13. The Labute approximate surface area is 103 Å². The number of halogens is 3. The van der Waals surface area contributed by atoms with Crippen molar-refractivity contribution in [1.82, 2.24) is 0 Å². The van der Waals surface area contributed by atoms with Gasteiger partial charge in [-0.05, 0) is 11.6 Å². The van der Waals surface area contributed by atoms with Crippen LogP contribution in [0, 0.1) is 0 Å². The molecule has 7 heteroatoms. The SMILES string of the molecule is CS(=O)(=O)CC(=O)Cc1cccc(C(F)(F)F)c1. The summed E-state index contributed by atoms with van der Waals surface area (Å²) in [7, 11) is -3.45. The van der Waals surface area contributed by atoms with Gasteiger partial charge in [0.2, 0.25) is 0 Å². The molecule has 3 nitrogen and oxygen atoms in total. The third kappa shape index (κ3) is 4.87. The summed E-state index contributed by atoms with van der Waals surface area (Å²) in [6, 6.07) is 4.28. The van der Waals surface area contributed by atoms with Crippen LogP contribution in [0.25, 0.3) is 0 Å². The zero-order valence-electron chi connectivity index (χ0n) is 9.49. The molecule has 0 fully saturated rings. The van der Waals surface area contributed by atoms with Crippen molar-refractivity contribution in [3.05, 3.63) is 35.4 Å². The summed E-state index contributed by atoms with van der Waals surface area (Å²) in [4.78, 5) is 11.3. The number of Topliss-reactive ketones (excluding diaryl/α,β-unsaturated/α-hetero) is 1. The molecule has 0 aromatic heterocycles. The predicted molar refractivity (Wildman–Crippen MR) is 59.9 cm³/mol. The van der Waals surface area contributed by atoms with E-state index in [1.165, 1.54) is 12.1 Å². The van der Waals surface area contributed by atoms with Crippen LogP contribution in [-0.4, -0.2) is 26.2 Å². The van der Waals surface area contributed by atoms with Gasteiger partial charge in [-0.15, -0.1) is 0 Å². The smallest absolute Gasteiger partial charge is 0.298 e. The molecule has 0 N–H and O–H groups in total. The van der Waals surface area contributed by atoms with Gasteiger partial charge in [0.15, 0.2) is 15.6 Å². The highest BCUT2D eigenvalue weighted by Gasteiger charge is 2.30. The molecular formula is C11H11F3O3S. The molecule has 0 radical (unpaired) electrons. The van der Waals surface area contributed by atoms with E-state index in [1.54, 1.807) is 0 Å². The summed E-state index contributed by atoms with van der Waals surface area (Å²) in [5, 5.41) is 0. The summed E-state index contributed by atoms with van der Waals surface area (Å²) >= 11 is 0. The van der Waals surface area contributed by atoms with Gasteiger partial charge in [-0.25, -0.2) is 8.42 Å². The molecule has 0 spiro atoms. The minimum atomic E-state index is -4.48. The summed E-state index contributed by atoms with van der Waals surface area (Å²) in [6.45, 7) is 0. The normalized spacial score (nSPS) is 12.4. The largest absolute Gasteiger partial charge is 0.416 e. The van der Waals surface area contributed by atoms with Crippen molar-refractivity contribution in [2.45, 2.75) is 12.6 Å². The number of benzene rings is 1. The van der Waals surface area contributed by atoms with Gasteiger partial charge in [0.1, 0.15) is 5.75 Å². The fourth-order valence-electron chi connectivity index (χ4n) is 1.43. The van der Waals surface area contributed by atoms with Gasteiger partial charge >= 0.3 is 6.18 Å². The highest BCUT2D eigenvalue weighted by atomic mass is 32.2. The number of carbonyl (C=O) groups excluding carboxylic acids is 1. The Morgan fingerprint density at radius 3 is 2.39 bits per heavy atom. The van der Waals surface area contributed by atoms with Gasteiger partial charge in [0.05, 0.1) is 5.56 Å². The van der Waals surface area contributed by atoms with Gasteiger partial charge in [-0.1, -0.05) is 18.2 Å². The van der Waals surface area contributed by atoms with Crippen LogP contribution in [0.15, 0.2) is 24.3 Å². The predicted octanol–water partition coefficient (Wildman–Crippen LogP) is 1.86. The third-order valence-electron chi connectivity index (χ3n) is 2.08. The van der Waals surface area contributed by atoms with Crippen molar-refractivity contribution in [2.24, 2.45) is 0 Å². The lowest BCUT2D eigenvalue weighted by molar-refractivity contribution is -0.137. The zero-order valence-corrected chi connectivity index (χ0v) is 10.3. The monoisotopic (exact) mass is 280 g/mol. The fraction of sp³-hybridized carbons (Fsp3) is 0.364. The molecule has 0 atom stereocenters. The van der Waals surface area contributed by atoms with Crippen molar-refractivity contribution in [3.63, 3.8) is 0 Å². The molecule has 0 aliphatic heterocycles. The van der Waals surface area contributed by atoms with Crippen molar-refractivity contribution < 1.29 is 26.4 Å². The molecule has 100 valence electrons. The molecule has 1 rings (SSSR count). The Bertz CT molecular complexity index is 547. The number of hydrogen-bond donors (Lipinski definition) is 0. The van der Waals surface area contributed by atoms with Crippen molar-refractivity contribution in [2.75, 3.05) is 12.0 Å². The first-order chi connectivity index (χ1) is 8.08. The Morgan fingerprint density at radius 1 is 1.28 bits per heavy atom. The average molecular weight is 280 g/mol. The number of hydrogen-bond acceptors (Lipinski definition) is 3. The second kappa shape index (κ2) is 5.09. The zero-order chi connectivity index (χ0) is 14.0. The third-order valence-corrected chi connectivity index (χ3v) is 2.93. The highest BCUT2D eigenvalue weighted by molar-refractivity contribution is 7.91. The summed E-state index contributed by atoms with van der Waals surface area (Å²) in [5.41, 5.74) is -0.703. The Kier molecular flexibility index (Phi) is 4.16. The fourth-order valence-corrected chi connectivity index (χ4v) is 2.12. The van der Waals surface area contributed by atoms with Gasteiger partial charge in [-0.2, -0.15) is 13.2 Å². The van der Waals surface area contributed by atoms with E-state index < -0.39 is 33.1 Å². The number of ketones is 1. The van der Waals surface area contributed by atoms with E-state index in [4.69, 9.17) is 0 Å². The van der Waals surface area contributed by atoms with Gasteiger partial charge in [-0.3, -0.25) is 4.79 Å². The van der Waals surface area contributed by atoms with Crippen molar-refractivity contribution >= 4 is 15.6 Å². The lowest BCUT2D eigenvalue weighted by Crippen LogP contribution is -2.16. The number of alkyl halides is 3. The van der Waals surface area contributed by atoms with E-state index in [2.05, 4.69) is 0 Å². The molecule has 1 aromatic rings. The van der Waals surface area contributed by atoms with E-state index in [0.29, 0.717) is 0 Å². The van der Waals surface area contributed by atoms with Gasteiger partial charge in [0, 0.05) is 12.7 Å². The molecular weight excluding hydrogens is 269 g/mol. The van der Waals surface area contributed by atoms with Crippen LogP contribution in [0.4, 0.5) is 13.2 Å². The first-order valence-corrected chi connectivity index (χ1v) is 6.99. The van der Waals surface area contributed by atoms with Crippen LogP contribution >= 0.6 is 0 Å². The first-order valence-electron chi connectivity index (χ1n) is 4.93. The topological polar surface area (TPSA) is 51.2 Å². The molecule has 1 aromatic carbocycles. The molecule has 0 unspecified atom stereocenters. The Balaban J connectivity index is 2.83. The second-order valence-electron chi connectivity index (χ2n) is 3.98.